The summed E-state index contributed by atoms with van der Waals surface area (Å²) in [5.41, 5.74) is 0.960. The van der Waals surface area contributed by atoms with Crippen LogP contribution in [-0.2, 0) is 17.9 Å². The molecule has 96 valence electrons. The van der Waals surface area contributed by atoms with Crippen LogP contribution in [0.5, 0.6) is 0 Å². The van der Waals surface area contributed by atoms with Gasteiger partial charge in [0.25, 0.3) is 0 Å². The SMILES string of the molecule is COCCn1c(CO)nnc1-c1ccc(Br)cc1. The number of aromatic nitrogens is 3. The van der Waals surface area contributed by atoms with Gasteiger partial charge in [-0.15, -0.1) is 10.2 Å². The van der Waals surface area contributed by atoms with Gasteiger partial charge in [0.1, 0.15) is 6.61 Å². The first-order valence-electron chi connectivity index (χ1n) is 5.54. The van der Waals surface area contributed by atoms with E-state index in [9.17, 15) is 5.11 Å². The fourth-order valence-corrected chi connectivity index (χ4v) is 1.95. The maximum Gasteiger partial charge on any atom is 0.164 e. The average molecular weight is 312 g/mol. The van der Waals surface area contributed by atoms with Crippen LogP contribution in [-0.4, -0.2) is 33.6 Å². The maximum absolute atomic E-state index is 9.25. The number of halogens is 1. The quantitative estimate of drug-likeness (QED) is 0.915. The Morgan fingerprint density at radius 1 is 1.28 bits per heavy atom. The molecule has 1 N–H and O–H groups in total. The summed E-state index contributed by atoms with van der Waals surface area (Å²) >= 11 is 3.39. The van der Waals surface area contributed by atoms with Crippen molar-refractivity contribution < 1.29 is 9.84 Å². The molecule has 0 unspecified atom stereocenters. The normalized spacial score (nSPS) is 10.8. The standard InChI is InChI=1S/C12H14BrN3O2/c1-18-7-6-16-11(8-17)14-15-12(16)9-2-4-10(13)5-3-9/h2-5,17H,6-8H2,1H3. The Bertz CT molecular complexity index is 511. The molecule has 0 atom stereocenters. The minimum atomic E-state index is -0.132. The lowest BCUT2D eigenvalue weighted by Crippen LogP contribution is -2.09. The number of hydrogen-bond donors (Lipinski definition) is 1. The molecule has 0 radical (unpaired) electrons. The number of rotatable bonds is 5. The van der Waals surface area contributed by atoms with Crippen molar-refractivity contribution in [2.24, 2.45) is 0 Å². The van der Waals surface area contributed by atoms with Crippen LogP contribution >= 0.6 is 15.9 Å². The maximum atomic E-state index is 9.25. The fourth-order valence-electron chi connectivity index (χ4n) is 1.68. The van der Waals surface area contributed by atoms with Crippen molar-refractivity contribution in [3.8, 4) is 11.4 Å². The van der Waals surface area contributed by atoms with E-state index in [1.54, 1.807) is 7.11 Å². The Balaban J connectivity index is 2.37. The topological polar surface area (TPSA) is 60.2 Å². The average Bonchev–Trinajstić information content (AvgIpc) is 2.80. The molecule has 0 saturated carbocycles. The van der Waals surface area contributed by atoms with Gasteiger partial charge in [0.2, 0.25) is 0 Å². The van der Waals surface area contributed by atoms with Gasteiger partial charge in [-0.1, -0.05) is 28.1 Å². The lowest BCUT2D eigenvalue weighted by Gasteiger charge is -2.08. The molecule has 1 aromatic heterocycles. The largest absolute Gasteiger partial charge is 0.388 e. The van der Waals surface area contributed by atoms with Gasteiger partial charge in [0, 0.05) is 23.7 Å². The van der Waals surface area contributed by atoms with E-state index < -0.39 is 0 Å². The molecular weight excluding hydrogens is 298 g/mol. The summed E-state index contributed by atoms with van der Waals surface area (Å²) in [6, 6.07) is 7.81. The fraction of sp³-hybridized carbons (Fsp3) is 0.333. The van der Waals surface area contributed by atoms with Crippen molar-refractivity contribution in [3.05, 3.63) is 34.6 Å². The van der Waals surface area contributed by atoms with Gasteiger partial charge in [0.15, 0.2) is 11.6 Å². The molecule has 0 spiro atoms. The number of aliphatic hydroxyl groups is 1. The second kappa shape index (κ2) is 6.08. The van der Waals surface area contributed by atoms with E-state index in [-0.39, 0.29) is 6.61 Å². The highest BCUT2D eigenvalue weighted by atomic mass is 79.9. The Kier molecular flexibility index (Phi) is 4.46. The first-order chi connectivity index (χ1) is 8.76. The second-order valence-electron chi connectivity index (χ2n) is 3.75. The molecule has 0 aliphatic rings. The molecule has 0 amide bonds. The smallest absolute Gasteiger partial charge is 0.164 e. The van der Waals surface area contributed by atoms with Crippen LogP contribution in [0.25, 0.3) is 11.4 Å². The molecular formula is C12H14BrN3O2. The van der Waals surface area contributed by atoms with Gasteiger partial charge in [0.05, 0.1) is 6.61 Å². The first kappa shape index (κ1) is 13.2. The van der Waals surface area contributed by atoms with Crippen LogP contribution < -0.4 is 0 Å². The molecule has 0 bridgehead atoms. The van der Waals surface area contributed by atoms with Gasteiger partial charge >= 0.3 is 0 Å². The first-order valence-corrected chi connectivity index (χ1v) is 6.33. The van der Waals surface area contributed by atoms with Gasteiger partial charge in [-0.05, 0) is 12.1 Å². The highest BCUT2D eigenvalue weighted by molar-refractivity contribution is 9.10. The van der Waals surface area contributed by atoms with Crippen molar-refractivity contribution in [2.75, 3.05) is 13.7 Å². The molecule has 0 fully saturated rings. The van der Waals surface area contributed by atoms with Gasteiger partial charge in [-0.3, -0.25) is 0 Å². The molecule has 1 aromatic carbocycles. The third-order valence-corrected chi connectivity index (χ3v) is 3.12. The Morgan fingerprint density at radius 3 is 2.61 bits per heavy atom. The van der Waals surface area contributed by atoms with E-state index >= 15 is 0 Å². The summed E-state index contributed by atoms with van der Waals surface area (Å²) in [6.07, 6.45) is 0. The summed E-state index contributed by atoms with van der Waals surface area (Å²) in [5, 5.41) is 17.4. The monoisotopic (exact) mass is 311 g/mol. The predicted octanol–water partition coefficient (Wildman–Crippen LogP) is 1.85. The molecule has 2 rings (SSSR count). The summed E-state index contributed by atoms with van der Waals surface area (Å²) in [6.45, 7) is 1.03. The van der Waals surface area contributed by atoms with Crippen LogP contribution in [0, 0.1) is 0 Å². The zero-order valence-electron chi connectivity index (χ0n) is 10.0. The van der Waals surface area contributed by atoms with Crippen molar-refractivity contribution in [3.63, 3.8) is 0 Å². The summed E-state index contributed by atoms with van der Waals surface area (Å²) in [5.74, 6) is 1.29. The van der Waals surface area contributed by atoms with E-state index in [2.05, 4.69) is 26.1 Å². The Labute approximate surface area is 114 Å². The summed E-state index contributed by atoms with van der Waals surface area (Å²) in [4.78, 5) is 0. The Morgan fingerprint density at radius 2 is 2.00 bits per heavy atom. The van der Waals surface area contributed by atoms with Crippen LogP contribution in [0.15, 0.2) is 28.7 Å². The molecule has 0 aliphatic carbocycles. The van der Waals surface area contributed by atoms with Crippen molar-refractivity contribution in [1.82, 2.24) is 14.8 Å². The third kappa shape index (κ3) is 2.77. The molecule has 6 heteroatoms. The zero-order chi connectivity index (χ0) is 13.0. The van der Waals surface area contributed by atoms with Gasteiger partial charge in [-0.2, -0.15) is 0 Å². The van der Waals surface area contributed by atoms with Gasteiger partial charge in [-0.25, -0.2) is 0 Å². The molecule has 5 nitrogen and oxygen atoms in total. The lowest BCUT2D eigenvalue weighted by atomic mass is 10.2. The number of nitrogens with zero attached hydrogens (tertiary/aromatic N) is 3. The van der Waals surface area contributed by atoms with Crippen LogP contribution in [0.4, 0.5) is 0 Å². The van der Waals surface area contributed by atoms with Crippen molar-refractivity contribution in [1.29, 1.82) is 0 Å². The van der Waals surface area contributed by atoms with E-state index in [1.165, 1.54) is 0 Å². The second-order valence-corrected chi connectivity index (χ2v) is 4.66. The van der Waals surface area contributed by atoms with Crippen molar-refractivity contribution >= 4 is 15.9 Å². The van der Waals surface area contributed by atoms with E-state index in [0.717, 1.165) is 15.9 Å². The highest BCUT2D eigenvalue weighted by Crippen LogP contribution is 2.21. The van der Waals surface area contributed by atoms with Crippen LogP contribution in [0.2, 0.25) is 0 Å². The van der Waals surface area contributed by atoms with Gasteiger partial charge < -0.3 is 14.4 Å². The van der Waals surface area contributed by atoms with E-state index in [1.807, 2.05) is 28.8 Å². The molecule has 2 aromatic rings. The van der Waals surface area contributed by atoms with Crippen LogP contribution in [0.3, 0.4) is 0 Å². The minimum absolute atomic E-state index is 0.132. The molecule has 1 heterocycles. The summed E-state index contributed by atoms with van der Waals surface area (Å²) < 4.78 is 7.94. The number of hydrogen-bond acceptors (Lipinski definition) is 4. The number of methoxy groups -OCH3 is 1. The predicted molar refractivity (Wildman–Crippen MR) is 71.0 cm³/mol. The molecule has 0 aliphatic heterocycles. The van der Waals surface area contributed by atoms with Crippen molar-refractivity contribution in [2.45, 2.75) is 13.2 Å². The zero-order valence-corrected chi connectivity index (χ0v) is 11.6. The van der Waals surface area contributed by atoms with Crippen LogP contribution in [0.1, 0.15) is 5.82 Å². The Hall–Kier alpha value is -1.24. The molecule has 0 saturated heterocycles. The third-order valence-electron chi connectivity index (χ3n) is 2.59. The summed E-state index contributed by atoms with van der Waals surface area (Å²) in [7, 11) is 1.64. The lowest BCUT2D eigenvalue weighted by molar-refractivity contribution is 0.183. The van der Waals surface area contributed by atoms with E-state index in [0.29, 0.717) is 19.0 Å². The molecule has 18 heavy (non-hydrogen) atoms. The number of aliphatic hydroxyl groups excluding tert-OH is 1. The minimum Gasteiger partial charge on any atom is -0.388 e. The van der Waals surface area contributed by atoms with E-state index in [4.69, 9.17) is 4.74 Å². The number of ether oxygens (including phenoxy) is 1. The highest BCUT2D eigenvalue weighted by Gasteiger charge is 2.12. The number of benzene rings is 1.